The van der Waals surface area contributed by atoms with Crippen LogP contribution in [0.1, 0.15) is 116 Å². The van der Waals surface area contributed by atoms with Crippen LogP contribution in [0.15, 0.2) is 0 Å². The molecular weight excluding hydrogens is 342 g/mol. The van der Waals surface area contributed by atoms with Crippen molar-refractivity contribution in [2.45, 2.75) is 116 Å². The van der Waals surface area contributed by atoms with Gasteiger partial charge in [0.25, 0.3) is 0 Å². The molecule has 25 heavy (non-hydrogen) atoms. The zero-order valence-corrected chi connectivity index (χ0v) is 18.5. The van der Waals surface area contributed by atoms with E-state index < -0.39 is 0 Å². The maximum absolute atomic E-state index is 5.56. The van der Waals surface area contributed by atoms with Crippen LogP contribution in [0.4, 0.5) is 0 Å². The molecule has 1 aliphatic rings. The lowest BCUT2D eigenvalue weighted by molar-refractivity contribution is 0.352. The van der Waals surface area contributed by atoms with E-state index in [0.717, 1.165) is 4.32 Å². The molecule has 0 saturated carbocycles. The topological polar surface area (TPSA) is 3.24 Å². The van der Waals surface area contributed by atoms with Gasteiger partial charge in [0.05, 0.1) is 0 Å². The molecule has 0 amide bonds. The summed E-state index contributed by atoms with van der Waals surface area (Å²) in [6.45, 7) is 4.69. The van der Waals surface area contributed by atoms with Crippen molar-refractivity contribution in [1.29, 1.82) is 0 Å². The summed E-state index contributed by atoms with van der Waals surface area (Å²) in [5.41, 5.74) is 0. The first kappa shape index (κ1) is 23.3. The van der Waals surface area contributed by atoms with Gasteiger partial charge in [-0.1, -0.05) is 114 Å². The lowest BCUT2D eigenvalue weighted by Gasteiger charge is -2.28. The van der Waals surface area contributed by atoms with Gasteiger partial charge in [-0.05, 0) is 25.7 Å². The summed E-state index contributed by atoms with van der Waals surface area (Å²) in [5.74, 6) is 1.23. The molecule has 0 atom stereocenters. The normalized spacial score (nSPS) is 14.8. The van der Waals surface area contributed by atoms with Crippen LogP contribution < -0.4 is 0 Å². The Morgan fingerprint density at radius 1 is 0.680 bits per heavy atom. The third-order valence-electron chi connectivity index (χ3n) is 5.34. The van der Waals surface area contributed by atoms with E-state index in [4.69, 9.17) is 12.2 Å². The van der Waals surface area contributed by atoms with Gasteiger partial charge in [0.1, 0.15) is 4.32 Å². The SMILES string of the molecule is CCCCCCCCCCCCCCCCSC(=S)N1CCCCC1. The van der Waals surface area contributed by atoms with E-state index >= 15 is 0 Å². The van der Waals surface area contributed by atoms with E-state index in [1.54, 1.807) is 0 Å². The number of thioether (sulfide) groups is 1. The Kier molecular flexibility index (Phi) is 16.4. The van der Waals surface area contributed by atoms with Crippen LogP contribution in [0.25, 0.3) is 0 Å². The highest BCUT2D eigenvalue weighted by Gasteiger charge is 2.12. The largest absolute Gasteiger partial charge is 0.358 e. The molecule has 3 heteroatoms. The van der Waals surface area contributed by atoms with Gasteiger partial charge < -0.3 is 4.90 Å². The fourth-order valence-electron chi connectivity index (χ4n) is 3.62. The van der Waals surface area contributed by atoms with Gasteiger partial charge in [-0.25, -0.2) is 0 Å². The zero-order valence-electron chi connectivity index (χ0n) is 16.9. The molecule has 1 heterocycles. The monoisotopic (exact) mass is 385 g/mol. The molecule has 1 rings (SSSR count). The lowest BCUT2D eigenvalue weighted by Crippen LogP contribution is -2.32. The minimum absolute atomic E-state index is 1.16. The molecule has 1 fully saturated rings. The molecule has 148 valence electrons. The number of rotatable bonds is 15. The van der Waals surface area contributed by atoms with Crippen LogP contribution in [-0.2, 0) is 0 Å². The van der Waals surface area contributed by atoms with E-state index in [1.807, 2.05) is 11.8 Å². The smallest absolute Gasteiger partial charge is 0.136 e. The summed E-state index contributed by atoms with van der Waals surface area (Å²) >= 11 is 7.49. The second-order valence-electron chi connectivity index (χ2n) is 7.76. The van der Waals surface area contributed by atoms with Crippen LogP contribution >= 0.6 is 24.0 Å². The fourth-order valence-corrected chi connectivity index (χ4v) is 4.94. The summed E-state index contributed by atoms with van der Waals surface area (Å²) in [5, 5.41) is 0. The number of unbranched alkanes of at least 4 members (excludes halogenated alkanes) is 13. The highest BCUT2D eigenvalue weighted by molar-refractivity contribution is 8.22. The average Bonchev–Trinajstić information content (AvgIpc) is 2.65. The molecule has 0 aliphatic carbocycles. The maximum Gasteiger partial charge on any atom is 0.136 e. The van der Waals surface area contributed by atoms with E-state index in [1.165, 1.54) is 128 Å². The molecule has 0 aromatic carbocycles. The van der Waals surface area contributed by atoms with Crippen LogP contribution in [0.2, 0.25) is 0 Å². The summed E-state index contributed by atoms with van der Waals surface area (Å²) in [7, 11) is 0. The van der Waals surface area contributed by atoms with Gasteiger partial charge in [0, 0.05) is 18.8 Å². The number of hydrogen-bond donors (Lipinski definition) is 0. The average molecular weight is 386 g/mol. The molecule has 0 N–H and O–H groups in total. The number of likely N-dealkylation sites (tertiary alicyclic amines) is 1. The highest BCUT2D eigenvalue weighted by atomic mass is 32.2. The maximum atomic E-state index is 5.56. The highest BCUT2D eigenvalue weighted by Crippen LogP contribution is 2.18. The zero-order chi connectivity index (χ0) is 18.0. The fraction of sp³-hybridized carbons (Fsp3) is 0.955. The number of hydrogen-bond acceptors (Lipinski definition) is 2. The minimum Gasteiger partial charge on any atom is -0.358 e. The Balaban J connectivity index is 1.73. The Hall–Kier alpha value is 0.240. The Labute approximate surface area is 168 Å². The molecular formula is C22H43NS2. The van der Waals surface area contributed by atoms with Crippen molar-refractivity contribution in [3.05, 3.63) is 0 Å². The molecule has 1 aliphatic heterocycles. The minimum atomic E-state index is 1.16. The second kappa shape index (κ2) is 17.6. The molecule has 1 nitrogen and oxygen atoms in total. The number of piperidine rings is 1. The van der Waals surface area contributed by atoms with Crippen molar-refractivity contribution in [2.24, 2.45) is 0 Å². The number of nitrogens with zero attached hydrogens (tertiary/aromatic N) is 1. The van der Waals surface area contributed by atoms with Crippen LogP contribution in [0.3, 0.4) is 0 Å². The molecule has 0 aromatic rings. The predicted octanol–water partition coefficient (Wildman–Crippen LogP) is 7.97. The Morgan fingerprint density at radius 3 is 1.60 bits per heavy atom. The van der Waals surface area contributed by atoms with Gasteiger partial charge in [-0.3, -0.25) is 0 Å². The summed E-state index contributed by atoms with van der Waals surface area (Å²) < 4.78 is 1.16. The Morgan fingerprint density at radius 2 is 1.12 bits per heavy atom. The van der Waals surface area contributed by atoms with E-state index in [9.17, 15) is 0 Å². The molecule has 0 unspecified atom stereocenters. The molecule has 0 spiro atoms. The van der Waals surface area contributed by atoms with E-state index in [-0.39, 0.29) is 0 Å². The van der Waals surface area contributed by atoms with Crippen LogP contribution in [-0.4, -0.2) is 28.1 Å². The van der Waals surface area contributed by atoms with Gasteiger partial charge in [0.15, 0.2) is 0 Å². The Bertz CT molecular complexity index is 300. The second-order valence-corrected chi connectivity index (χ2v) is 9.49. The molecule has 0 aromatic heterocycles. The first-order valence-corrected chi connectivity index (χ1v) is 12.7. The third kappa shape index (κ3) is 14.0. The van der Waals surface area contributed by atoms with Crippen molar-refractivity contribution >= 4 is 28.3 Å². The summed E-state index contributed by atoms with van der Waals surface area (Å²) in [6.07, 6.45) is 24.2. The summed E-state index contributed by atoms with van der Waals surface area (Å²) in [4.78, 5) is 2.42. The quantitative estimate of drug-likeness (QED) is 0.208. The van der Waals surface area contributed by atoms with Crippen molar-refractivity contribution in [2.75, 3.05) is 18.8 Å². The molecule has 1 saturated heterocycles. The van der Waals surface area contributed by atoms with E-state index in [2.05, 4.69) is 11.8 Å². The lowest BCUT2D eigenvalue weighted by atomic mass is 10.0. The first-order valence-electron chi connectivity index (χ1n) is 11.3. The summed E-state index contributed by atoms with van der Waals surface area (Å²) in [6, 6.07) is 0. The first-order chi connectivity index (χ1) is 12.3. The van der Waals surface area contributed by atoms with E-state index in [0.29, 0.717) is 0 Å². The van der Waals surface area contributed by atoms with Gasteiger partial charge >= 0.3 is 0 Å². The van der Waals surface area contributed by atoms with Gasteiger partial charge in [-0.15, -0.1) is 0 Å². The predicted molar refractivity (Wildman–Crippen MR) is 121 cm³/mol. The van der Waals surface area contributed by atoms with Crippen molar-refractivity contribution in [1.82, 2.24) is 4.90 Å². The standard InChI is InChI=1S/C22H43NS2/c1-2-3-4-5-6-7-8-9-10-11-12-13-14-18-21-25-22(24)23-19-16-15-17-20-23/h2-21H2,1H3. The number of thiocarbonyl (C=S) groups is 1. The van der Waals surface area contributed by atoms with Crippen molar-refractivity contribution in [3.8, 4) is 0 Å². The van der Waals surface area contributed by atoms with Gasteiger partial charge in [-0.2, -0.15) is 0 Å². The molecule has 0 bridgehead atoms. The van der Waals surface area contributed by atoms with Crippen molar-refractivity contribution in [3.63, 3.8) is 0 Å². The van der Waals surface area contributed by atoms with Gasteiger partial charge in [0.2, 0.25) is 0 Å². The third-order valence-corrected chi connectivity index (χ3v) is 6.95. The van der Waals surface area contributed by atoms with Crippen LogP contribution in [0.5, 0.6) is 0 Å². The van der Waals surface area contributed by atoms with Crippen LogP contribution in [0, 0.1) is 0 Å². The molecule has 0 radical (unpaired) electrons. The van der Waals surface area contributed by atoms with Crippen molar-refractivity contribution < 1.29 is 0 Å².